The third-order valence-corrected chi connectivity index (χ3v) is 4.36. The predicted molar refractivity (Wildman–Crippen MR) is 75.2 cm³/mol. The fraction of sp³-hybridized carbons (Fsp3) is 0.700. The summed E-state index contributed by atoms with van der Waals surface area (Å²) in [5, 5.41) is 37.9. The molecule has 0 radical (unpaired) electrons. The quantitative estimate of drug-likeness (QED) is 0.170. The van der Waals surface area contributed by atoms with Crippen LogP contribution in [-0.2, 0) is 15.0 Å². The van der Waals surface area contributed by atoms with E-state index in [0.717, 1.165) is 0 Å². The Morgan fingerprint density at radius 2 is 1.90 bits per heavy atom. The summed E-state index contributed by atoms with van der Waals surface area (Å²) in [6.45, 7) is 2.79. The van der Waals surface area contributed by atoms with E-state index in [9.17, 15) is 23.7 Å². The molecule has 0 aromatic carbocycles. The van der Waals surface area contributed by atoms with Crippen LogP contribution in [0.15, 0.2) is 17.1 Å². The van der Waals surface area contributed by atoms with Gasteiger partial charge in [-0.1, -0.05) is 17.8 Å². The molecule has 0 aliphatic carbocycles. The van der Waals surface area contributed by atoms with Gasteiger partial charge in [0, 0.05) is 6.42 Å². The molecule has 0 amide bonds. The molecule has 1 fully saturated rings. The van der Waals surface area contributed by atoms with Gasteiger partial charge in [-0.15, -0.1) is 11.0 Å². The van der Waals surface area contributed by atoms with Gasteiger partial charge in [0.05, 0.1) is 11.7 Å². The number of hydrogen-bond donors (Lipinski definition) is 5. The maximum Gasteiger partial charge on any atom is 0.379 e. The number of ether oxygens (including phenoxy) is 1. The second kappa shape index (κ2) is 7.65. The molecule has 0 bridgehead atoms. The first-order valence-electron chi connectivity index (χ1n) is 5.84. The second-order valence-electron chi connectivity index (χ2n) is 4.24. The van der Waals surface area contributed by atoms with Crippen molar-refractivity contribution in [3.63, 3.8) is 0 Å². The van der Waals surface area contributed by atoms with Gasteiger partial charge in [0.15, 0.2) is 0 Å². The molecular weight excluding hydrogens is 326 g/mol. The Bertz CT molecular complexity index is 491. The first-order valence-corrected chi connectivity index (χ1v) is 8.11. The van der Waals surface area contributed by atoms with Crippen molar-refractivity contribution in [3.8, 4) is 0 Å². The van der Waals surface area contributed by atoms with E-state index in [-0.39, 0.29) is 11.5 Å². The Morgan fingerprint density at radius 3 is 2.38 bits per heavy atom. The van der Waals surface area contributed by atoms with E-state index in [1.165, 1.54) is 6.08 Å². The van der Waals surface area contributed by atoms with Gasteiger partial charge in [0.25, 0.3) is 0 Å². The highest BCUT2D eigenvalue weighted by Crippen LogP contribution is 2.30. The molecule has 0 saturated carbocycles. The van der Waals surface area contributed by atoms with Crippen molar-refractivity contribution in [2.45, 2.75) is 36.3 Å². The summed E-state index contributed by atoms with van der Waals surface area (Å²) in [6, 6.07) is 0. The molecule has 9 nitrogen and oxygen atoms in total. The van der Waals surface area contributed by atoms with Gasteiger partial charge in [-0.05, 0) is 0 Å². The van der Waals surface area contributed by atoms with Crippen molar-refractivity contribution >= 4 is 27.1 Å². The third-order valence-electron chi connectivity index (χ3n) is 2.64. The molecule has 5 N–H and O–H groups in total. The Morgan fingerprint density at radius 1 is 1.29 bits per heavy atom. The van der Waals surface area contributed by atoms with Crippen LogP contribution in [0.4, 0.5) is 0 Å². The zero-order valence-electron chi connectivity index (χ0n) is 10.8. The minimum atomic E-state index is -4.64. The summed E-state index contributed by atoms with van der Waals surface area (Å²) in [6.07, 6.45) is -4.45. The lowest BCUT2D eigenvalue weighted by Crippen LogP contribution is -2.57. The molecule has 1 aliphatic rings. The minimum absolute atomic E-state index is 0.0283. The molecule has 1 heterocycles. The number of allylic oxidation sites excluding steroid dienone is 1. The highest BCUT2D eigenvalue weighted by Gasteiger charge is 2.44. The fourth-order valence-electron chi connectivity index (χ4n) is 1.66. The summed E-state index contributed by atoms with van der Waals surface area (Å²) in [5.74, 6) is 0. The SMILES string of the molecule is C=CCC(=NS(=O)(=O)O)S[C@@H]1O[C@H](CO)[C@@H](O)[C@H](O)[C@H]1O. The fourth-order valence-corrected chi connectivity index (χ4v) is 3.43. The smallest absolute Gasteiger partial charge is 0.379 e. The zero-order valence-corrected chi connectivity index (χ0v) is 12.4. The molecule has 0 unspecified atom stereocenters. The van der Waals surface area contributed by atoms with E-state index < -0.39 is 46.8 Å². The molecule has 1 aliphatic heterocycles. The summed E-state index contributed by atoms with van der Waals surface area (Å²) >= 11 is 0.635. The van der Waals surface area contributed by atoms with Crippen LogP contribution in [0.2, 0.25) is 0 Å². The largest absolute Gasteiger partial charge is 0.394 e. The normalized spacial score (nSPS) is 34.7. The highest BCUT2D eigenvalue weighted by atomic mass is 32.2. The predicted octanol–water partition coefficient (Wildman–Crippen LogP) is -1.70. The molecule has 0 spiro atoms. The van der Waals surface area contributed by atoms with Crippen molar-refractivity contribution in [3.05, 3.63) is 12.7 Å². The van der Waals surface area contributed by atoms with Gasteiger partial charge in [0.1, 0.15) is 29.9 Å². The van der Waals surface area contributed by atoms with Crippen LogP contribution in [0.1, 0.15) is 6.42 Å². The highest BCUT2D eigenvalue weighted by molar-refractivity contribution is 8.14. The molecular formula is C10H17NO8S2. The van der Waals surface area contributed by atoms with Crippen molar-refractivity contribution in [1.29, 1.82) is 0 Å². The van der Waals surface area contributed by atoms with Crippen LogP contribution < -0.4 is 0 Å². The molecule has 5 atom stereocenters. The Hall–Kier alpha value is -0.530. The molecule has 21 heavy (non-hydrogen) atoms. The molecule has 11 heteroatoms. The van der Waals surface area contributed by atoms with Gasteiger partial charge in [-0.3, -0.25) is 4.55 Å². The maximum absolute atomic E-state index is 10.8. The standard InChI is InChI=1S/C10H17NO8S2/c1-2-3-6(11-21(16,17)18)20-10-9(15)8(14)7(13)5(4-12)19-10/h2,5,7-10,12-15H,1,3-4H2,(H,16,17,18)/t5-,7-,8+,9-,10+/m1/s1. The number of nitrogens with zero attached hydrogens (tertiary/aromatic N) is 1. The van der Waals surface area contributed by atoms with Gasteiger partial charge < -0.3 is 25.2 Å². The van der Waals surface area contributed by atoms with Crippen LogP contribution in [0.5, 0.6) is 0 Å². The van der Waals surface area contributed by atoms with Crippen LogP contribution in [0.25, 0.3) is 0 Å². The molecule has 1 saturated heterocycles. The second-order valence-corrected chi connectivity index (χ2v) is 6.49. The molecule has 0 aromatic heterocycles. The Labute approximate surface area is 125 Å². The average molecular weight is 343 g/mol. The summed E-state index contributed by atoms with van der Waals surface area (Å²) in [5.41, 5.74) is -1.18. The zero-order chi connectivity index (χ0) is 16.2. The number of aliphatic hydroxyl groups is 4. The number of rotatable bonds is 5. The lowest BCUT2D eigenvalue weighted by Gasteiger charge is -2.39. The maximum atomic E-state index is 10.8. The Kier molecular flexibility index (Phi) is 6.74. The lowest BCUT2D eigenvalue weighted by molar-refractivity contribution is -0.205. The van der Waals surface area contributed by atoms with E-state index in [0.29, 0.717) is 11.8 Å². The van der Waals surface area contributed by atoms with E-state index in [4.69, 9.17) is 14.4 Å². The van der Waals surface area contributed by atoms with E-state index in [2.05, 4.69) is 11.0 Å². The van der Waals surface area contributed by atoms with Crippen LogP contribution in [-0.4, -0.2) is 74.9 Å². The number of hydrogen-bond acceptors (Lipinski definition) is 8. The van der Waals surface area contributed by atoms with Crippen LogP contribution >= 0.6 is 11.8 Å². The summed E-state index contributed by atoms with van der Waals surface area (Å²) in [4.78, 5) is 0. The Balaban J connectivity index is 2.92. The summed E-state index contributed by atoms with van der Waals surface area (Å²) in [7, 11) is -4.64. The first kappa shape index (κ1) is 18.5. The molecule has 122 valence electrons. The van der Waals surface area contributed by atoms with Crippen molar-refractivity contribution in [1.82, 2.24) is 0 Å². The topological polar surface area (TPSA) is 157 Å². The monoisotopic (exact) mass is 343 g/mol. The minimum Gasteiger partial charge on any atom is -0.394 e. The van der Waals surface area contributed by atoms with Gasteiger partial charge in [0.2, 0.25) is 0 Å². The summed E-state index contributed by atoms with van der Waals surface area (Å²) < 4.78 is 38.5. The van der Waals surface area contributed by atoms with Gasteiger partial charge >= 0.3 is 10.3 Å². The molecule has 1 rings (SSSR count). The van der Waals surface area contributed by atoms with Crippen molar-refractivity contribution < 1.29 is 38.1 Å². The third kappa shape index (κ3) is 5.30. The van der Waals surface area contributed by atoms with Crippen LogP contribution in [0.3, 0.4) is 0 Å². The van der Waals surface area contributed by atoms with Gasteiger partial charge in [-0.2, -0.15) is 8.42 Å². The molecule has 0 aromatic rings. The van der Waals surface area contributed by atoms with E-state index in [1.54, 1.807) is 0 Å². The van der Waals surface area contributed by atoms with Crippen molar-refractivity contribution in [2.24, 2.45) is 4.40 Å². The van der Waals surface area contributed by atoms with Crippen LogP contribution in [0, 0.1) is 0 Å². The average Bonchev–Trinajstić information content (AvgIpc) is 2.38. The van der Waals surface area contributed by atoms with Crippen molar-refractivity contribution in [2.75, 3.05) is 6.61 Å². The van der Waals surface area contributed by atoms with Gasteiger partial charge in [-0.25, -0.2) is 0 Å². The van der Waals surface area contributed by atoms with E-state index >= 15 is 0 Å². The number of thioether (sulfide) groups is 1. The first-order chi connectivity index (χ1) is 9.69. The lowest BCUT2D eigenvalue weighted by atomic mass is 10.0. The van der Waals surface area contributed by atoms with E-state index in [1.807, 2.05) is 0 Å². The number of aliphatic hydroxyl groups excluding tert-OH is 4.